The highest BCUT2D eigenvalue weighted by Gasteiger charge is 2.21. The number of nitrogens with one attached hydrogen (secondary N) is 1. The molecule has 6 heteroatoms. The second-order valence-corrected chi connectivity index (χ2v) is 4.27. The Morgan fingerprint density at radius 1 is 1.59 bits per heavy atom. The highest BCUT2D eigenvalue weighted by molar-refractivity contribution is 5.42. The van der Waals surface area contributed by atoms with Gasteiger partial charge in [0.1, 0.15) is 11.9 Å². The molecule has 0 amide bonds. The van der Waals surface area contributed by atoms with Crippen molar-refractivity contribution in [2.75, 3.05) is 37.7 Å². The highest BCUT2D eigenvalue weighted by atomic mass is 16.5. The zero-order valence-electron chi connectivity index (χ0n) is 10.3. The van der Waals surface area contributed by atoms with E-state index in [9.17, 15) is 0 Å². The minimum atomic E-state index is 0.198. The molecule has 1 saturated heterocycles. The molecule has 6 nitrogen and oxygen atoms in total. The summed E-state index contributed by atoms with van der Waals surface area (Å²) >= 11 is 0. The molecular formula is C11H19N5O. The largest absolute Gasteiger partial charge is 0.473 e. The van der Waals surface area contributed by atoms with Crippen molar-refractivity contribution in [3.8, 4) is 5.88 Å². The molecule has 0 saturated carbocycles. The van der Waals surface area contributed by atoms with E-state index in [1.54, 1.807) is 6.07 Å². The van der Waals surface area contributed by atoms with Crippen LogP contribution in [0.4, 0.5) is 11.8 Å². The van der Waals surface area contributed by atoms with Gasteiger partial charge < -0.3 is 20.7 Å². The summed E-state index contributed by atoms with van der Waals surface area (Å²) in [5, 5.41) is 3.10. The lowest BCUT2D eigenvalue weighted by molar-refractivity contribution is 0.200. The highest BCUT2D eigenvalue weighted by Crippen LogP contribution is 2.19. The van der Waals surface area contributed by atoms with Crippen molar-refractivity contribution < 1.29 is 4.74 Å². The Balaban J connectivity index is 2.04. The van der Waals surface area contributed by atoms with Crippen LogP contribution in [0.25, 0.3) is 0 Å². The molecule has 94 valence electrons. The molecule has 1 unspecified atom stereocenters. The van der Waals surface area contributed by atoms with Crippen LogP contribution in [0.3, 0.4) is 0 Å². The molecule has 2 rings (SSSR count). The van der Waals surface area contributed by atoms with E-state index in [0.29, 0.717) is 11.7 Å². The van der Waals surface area contributed by atoms with E-state index in [-0.39, 0.29) is 12.1 Å². The summed E-state index contributed by atoms with van der Waals surface area (Å²) in [6.07, 6.45) is 1.22. The molecule has 2 heterocycles. The summed E-state index contributed by atoms with van der Waals surface area (Å²) < 4.78 is 5.80. The van der Waals surface area contributed by atoms with Crippen LogP contribution in [0.1, 0.15) is 13.3 Å². The lowest BCUT2D eigenvalue weighted by Gasteiger charge is -2.13. The second kappa shape index (κ2) is 5.18. The predicted molar refractivity (Wildman–Crippen MR) is 67.1 cm³/mol. The number of nitrogen functional groups attached to an aromatic ring is 1. The summed E-state index contributed by atoms with van der Waals surface area (Å²) in [4.78, 5) is 10.4. The summed E-state index contributed by atoms with van der Waals surface area (Å²) in [6.45, 7) is 4.79. The molecule has 1 aliphatic rings. The maximum atomic E-state index is 5.80. The number of nitrogens with two attached hydrogens (primary N) is 1. The Hall–Kier alpha value is -1.56. The van der Waals surface area contributed by atoms with Crippen LogP contribution in [0.5, 0.6) is 5.88 Å². The first kappa shape index (κ1) is 11.9. The van der Waals surface area contributed by atoms with Gasteiger partial charge in [0.15, 0.2) is 0 Å². The van der Waals surface area contributed by atoms with Gasteiger partial charge >= 0.3 is 0 Å². The number of aromatic nitrogens is 2. The van der Waals surface area contributed by atoms with Gasteiger partial charge in [-0.25, -0.2) is 0 Å². The molecule has 0 radical (unpaired) electrons. The van der Waals surface area contributed by atoms with Crippen molar-refractivity contribution in [1.82, 2.24) is 14.9 Å². The van der Waals surface area contributed by atoms with Gasteiger partial charge in [0.2, 0.25) is 11.8 Å². The Kier molecular flexibility index (Phi) is 3.63. The number of anilines is 2. The molecule has 1 atom stereocenters. The molecule has 3 N–H and O–H groups in total. The predicted octanol–water partition coefficient (Wildman–Crippen LogP) is 0.573. The summed E-state index contributed by atoms with van der Waals surface area (Å²) in [7, 11) is 2.09. The molecule has 0 spiro atoms. The van der Waals surface area contributed by atoms with Gasteiger partial charge in [-0.1, -0.05) is 0 Å². The third-order valence-corrected chi connectivity index (χ3v) is 2.71. The van der Waals surface area contributed by atoms with Crippen molar-refractivity contribution in [2.24, 2.45) is 0 Å². The fraction of sp³-hybridized carbons (Fsp3) is 0.636. The van der Waals surface area contributed by atoms with Gasteiger partial charge in [0.25, 0.3) is 0 Å². The normalized spacial score (nSPS) is 20.5. The van der Waals surface area contributed by atoms with Gasteiger partial charge in [-0.05, 0) is 20.4 Å². The van der Waals surface area contributed by atoms with E-state index in [4.69, 9.17) is 10.5 Å². The van der Waals surface area contributed by atoms with Crippen LogP contribution >= 0.6 is 0 Å². The van der Waals surface area contributed by atoms with Crippen molar-refractivity contribution in [1.29, 1.82) is 0 Å². The number of nitrogens with zero attached hydrogens (tertiary/aromatic N) is 3. The monoisotopic (exact) mass is 237 g/mol. The zero-order valence-corrected chi connectivity index (χ0v) is 10.3. The minimum Gasteiger partial charge on any atom is -0.473 e. The summed E-state index contributed by atoms with van der Waals surface area (Å²) in [6, 6.07) is 1.79. The van der Waals surface area contributed by atoms with E-state index in [1.807, 2.05) is 6.92 Å². The number of likely N-dealkylation sites (tertiary alicyclic amines) is 1. The molecule has 1 aromatic heterocycles. The first-order valence-electron chi connectivity index (χ1n) is 5.91. The Morgan fingerprint density at radius 3 is 3.06 bits per heavy atom. The summed E-state index contributed by atoms with van der Waals surface area (Å²) in [5.41, 5.74) is 5.64. The van der Waals surface area contributed by atoms with Gasteiger partial charge in [-0.15, -0.1) is 0 Å². The molecule has 0 bridgehead atoms. The third kappa shape index (κ3) is 3.20. The maximum Gasteiger partial charge on any atom is 0.225 e. The van der Waals surface area contributed by atoms with Gasteiger partial charge in [0.05, 0.1) is 0 Å². The molecule has 1 aliphatic heterocycles. The first-order valence-corrected chi connectivity index (χ1v) is 5.91. The smallest absolute Gasteiger partial charge is 0.225 e. The van der Waals surface area contributed by atoms with E-state index in [2.05, 4.69) is 27.2 Å². The Bertz CT molecular complexity index is 384. The average Bonchev–Trinajstić information content (AvgIpc) is 2.63. The van der Waals surface area contributed by atoms with E-state index >= 15 is 0 Å². The van der Waals surface area contributed by atoms with Crippen LogP contribution in [-0.4, -0.2) is 47.7 Å². The van der Waals surface area contributed by atoms with Gasteiger partial charge in [0, 0.05) is 25.7 Å². The first-order chi connectivity index (χ1) is 8.17. The van der Waals surface area contributed by atoms with E-state index in [1.165, 1.54) is 0 Å². The number of hydrogen-bond donors (Lipinski definition) is 2. The van der Waals surface area contributed by atoms with Crippen molar-refractivity contribution in [3.63, 3.8) is 0 Å². The lowest BCUT2D eigenvalue weighted by atomic mass is 10.3. The number of hydrogen-bond acceptors (Lipinski definition) is 6. The fourth-order valence-corrected chi connectivity index (χ4v) is 1.94. The van der Waals surface area contributed by atoms with Gasteiger partial charge in [-0.2, -0.15) is 9.97 Å². The van der Waals surface area contributed by atoms with Crippen molar-refractivity contribution >= 4 is 11.8 Å². The van der Waals surface area contributed by atoms with Crippen LogP contribution in [0, 0.1) is 0 Å². The Labute approximate surface area is 101 Å². The standard InChI is InChI=1S/C11H19N5O/c1-3-13-9-6-10(15-11(12)14-9)17-8-4-5-16(2)7-8/h6,8H,3-5,7H2,1-2H3,(H3,12,13,14,15). The zero-order chi connectivity index (χ0) is 12.3. The molecular weight excluding hydrogens is 218 g/mol. The van der Waals surface area contributed by atoms with Crippen molar-refractivity contribution in [3.05, 3.63) is 6.07 Å². The maximum absolute atomic E-state index is 5.80. The van der Waals surface area contributed by atoms with Crippen molar-refractivity contribution in [2.45, 2.75) is 19.4 Å². The van der Waals surface area contributed by atoms with Crippen LogP contribution < -0.4 is 15.8 Å². The van der Waals surface area contributed by atoms with E-state index < -0.39 is 0 Å². The quantitative estimate of drug-likeness (QED) is 0.797. The number of likely N-dealkylation sites (N-methyl/N-ethyl adjacent to an activating group) is 1. The minimum absolute atomic E-state index is 0.198. The van der Waals surface area contributed by atoms with Crippen LogP contribution in [-0.2, 0) is 0 Å². The van der Waals surface area contributed by atoms with Crippen LogP contribution in [0.2, 0.25) is 0 Å². The molecule has 17 heavy (non-hydrogen) atoms. The molecule has 1 fully saturated rings. The molecule has 1 aromatic rings. The number of rotatable bonds is 4. The van der Waals surface area contributed by atoms with E-state index in [0.717, 1.165) is 26.1 Å². The molecule has 0 aliphatic carbocycles. The van der Waals surface area contributed by atoms with Gasteiger partial charge in [-0.3, -0.25) is 0 Å². The SMILES string of the molecule is CCNc1cc(OC2CCN(C)C2)nc(N)n1. The number of ether oxygens (including phenoxy) is 1. The summed E-state index contributed by atoms with van der Waals surface area (Å²) in [5.74, 6) is 1.50. The third-order valence-electron chi connectivity index (χ3n) is 2.71. The lowest BCUT2D eigenvalue weighted by Crippen LogP contribution is -2.22. The average molecular weight is 237 g/mol. The topological polar surface area (TPSA) is 76.3 Å². The second-order valence-electron chi connectivity index (χ2n) is 4.27. The molecule has 0 aromatic carbocycles. The Morgan fingerprint density at radius 2 is 2.41 bits per heavy atom. The fourth-order valence-electron chi connectivity index (χ4n) is 1.94. The van der Waals surface area contributed by atoms with Crippen LogP contribution in [0.15, 0.2) is 6.07 Å².